The first-order valence-corrected chi connectivity index (χ1v) is 45.1. The Kier molecular flexibility index (Phi) is 6.43. The lowest BCUT2D eigenvalue weighted by Gasteiger charge is -2.70. The number of hydrogen-bond acceptors (Lipinski definition) is 1. The van der Waals surface area contributed by atoms with Crippen LogP contribution in [0.25, 0.3) is 0 Å². The van der Waals surface area contributed by atoms with Gasteiger partial charge in [-0.1, -0.05) is 91.7 Å². The molecule has 0 aromatic heterocycles. The molecule has 0 spiro atoms. The molecule has 3 aliphatic heterocycles. The molecule has 3 heterocycles. The fourth-order valence-electron chi connectivity index (χ4n) is 12.9. The van der Waals surface area contributed by atoms with Crippen LogP contribution in [0.2, 0.25) is 91.7 Å². The third-order valence-corrected chi connectivity index (χ3v) is 235. The Labute approximate surface area is 216 Å². The summed E-state index contributed by atoms with van der Waals surface area (Å²) in [6.07, 6.45) is 4.32. The van der Waals surface area contributed by atoms with Crippen LogP contribution >= 0.6 is 0 Å². The normalized spacial score (nSPS) is 38.5. The Morgan fingerprint density at radius 3 is 1.00 bits per heavy atom. The summed E-state index contributed by atoms with van der Waals surface area (Å²) >= 11 is 0. The maximum atomic E-state index is 3.46. The summed E-state index contributed by atoms with van der Waals surface area (Å²) in [6.45, 7) is 50.1. The molecule has 3 fully saturated rings. The van der Waals surface area contributed by atoms with Crippen molar-refractivity contribution in [3.05, 3.63) is 0 Å². The highest BCUT2D eigenvalue weighted by Crippen LogP contribution is 2.67. The number of fused-ring (bicyclic) bond motifs is 2. The second-order valence-electron chi connectivity index (χ2n) is 17.9. The molecule has 3 saturated heterocycles. The van der Waals surface area contributed by atoms with E-state index in [9.17, 15) is 0 Å². The van der Waals surface area contributed by atoms with E-state index in [0.29, 0.717) is 11.1 Å². The summed E-state index contributed by atoms with van der Waals surface area (Å²) in [5.41, 5.74) is 0.779. The van der Waals surface area contributed by atoms with Gasteiger partial charge in [-0.15, -0.1) is 0 Å². The molecule has 0 aromatic carbocycles. The lowest BCUT2D eigenvalue weighted by molar-refractivity contribution is 0.0539. The molecule has 0 saturated carbocycles. The molecular weight excluding hydrogens is 526 g/mol. The van der Waals surface area contributed by atoms with Crippen molar-refractivity contribution in [2.75, 3.05) is 0 Å². The lowest BCUT2D eigenvalue weighted by Crippen LogP contribution is -2.99. The largest absolute Gasteiger partial charge is 0.339 e. The Bertz CT molecular complexity index is 740. The van der Waals surface area contributed by atoms with Crippen LogP contribution in [0.5, 0.6) is 0 Å². The van der Waals surface area contributed by atoms with Gasteiger partial charge in [0.25, 0.3) is 0 Å². The predicted molar refractivity (Wildman–Crippen MR) is 178 cm³/mol. The number of rotatable bonds is 3. The van der Waals surface area contributed by atoms with Crippen molar-refractivity contribution >= 4 is 62.6 Å². The van der Waals surface area contributed by atoms with Gasteiger partial charge in [0.1, 0.15) is 0 Å². The molecule has 192 valence electrons. The van der Waals surface area contributed by atoms with E-state index in [-0.39, 0.29) is 0 Å². The average molecular weight is 586 g/mol. The van der Waals surface area contributed by atoms with E-state index in [2.05, 4.69) is 124 Å². The van der Waals surface area contributed by atoms with Crippen molar-refractivity contribution in [3.8, 4) is 0 Å². The minimum Gasteiger partial charge on any atom is -0.339 e. The van der Waals surface area contributed by atoms with Crippen LogP contribution in [-0.4, -0.2) is 78.5 Å². The van der Waals surface area contributed by atoms with Crippen LogP contribution in [0.3, 0.4) is 0 Å². The smallest absolute Gasteiger partial charge is 0.190 e. The third-order valence-electron chi connectivity index (χ3n) is 13.4. The van der Waals surface area contributed by atoms with Crippen molar-refractivity contribution in [2.45, 2.75) is 150 Å². The second kappa shape index (κ2) is 7.24. The first-order chi connectivity index (χ1) is 14.2. The fraction of sp³-hybridized carbons (Fsp3) is 1.00. The van der Waals surface area contributed by atoms with Gasteiger partial charge in [0.05, 0.1) is 0 Å². The fourth-order valence-corrected chi connectivity index (χ4v) is 478. The maximum absolute atomic E-state index is 3.46. The zero-order valence-corrected chi connectivity index (χ0v) is 34.1. The van der Waals surface area contributed by atoms with Crippen LogP contribution in [0, 0.1) is 0 Å². The van der Waals surface area contributed by atoms with Gasteiger partial charge in [-0.2, -0.15) is 0 Å². The standard InChI is InChI=1S/C23H60BNSi8/c1-22(2)20-19-21-23(3,4)25(22)24-32(26(5,6)7)28(11,12)30(15,16)33(24,27(8,9)10)31(17,18)29(32,13)14/h19-21H2,1-18H3. The average Bonchev–Trinajstić information content (AvgIpc) is 2.71. The quantitative estimate of drug-likeness (QED) is 0.316. The predicted octanol–water partition coefficient (Wildman–Crippen LogP) is 7.24. The van der Waals surface area contributed by atoms with Crippen molar-refractivity contribution in [3.63, 3.8) is 0 Å². The van der Waals surface area contributed by atoms with Crippen LogP contribution in [0.15, 0.2) is 0 Å². The highest BCUT2D eigenvalue weighted by atomic mass is 30.4. The van der Waals surface area contributed by atoms with Crippen LogP contribution in [0.4, 0.5) is 0 Å². The highest BCUT2D eigenvalue weighted by Gasteiger charge is 2.98. The zero-order chi connectivity index (χ0) is 26.3. The molecule has 0 aliphatic carbocycles. The van der Waals surface area contributed by atoms with Gasteiger partial charge in [0.15, 0.2) is 6.03 Å². The molecule has 3 rings (SSSR count). The minimum atomic E-state index is -1.47. The van der Waals surface area contributed by atoms with E-state index in [1.165, 1.54) is 19.3 Å². The number of hydrogen-bond donors (Lipinski definition) is 0. The summed E-state index contributed by atoms with van der Waals surface area (Å²) in [5.74, 6) is 0. The maximum Gasteiger partial charge on any atom is 0.190 e. The summed E-state index contributed by atoms with van der Waals surface area (Å²) in [5, 5.41) is 0. The Morgan fingerprint density at radius 2 is 0.788 bits per heavy atom. The topological polar surface area (TPSA) is 3.24 Å². The molecule has 2 bridgehead atoms. The third kappa shape index (κ3) is 2.83. The molecule has 0 N–H and O–H groups in total. The van der Waals surface area contributed by atoms with Gasteiger partial charge in [0.2, 0.25) is 0 Å². The molecule has 0 radical (unpaired) electrons. The van der Waals surface area contributed by atoms with Gasteiger partial charge in [-0.05, 0) is 47.0 Å². The Balaban J connectivity index is 2.68. The van der Waals surface area contributed by atoms with E-state index in [4.69, 9.17) is 0 Å². The Hall–Kier alpha value is 1.76. The van der Waals surface area contributed by atoms with E-state index >= 15 is 0 Å². The molecule has 1 nitrogen and oxygen atoms in total. The van der Waals surface area contributed by atoms with Crippen molar-refractivity contribution < 1.29 is 0 Å². The highest BCUT2D eigenvalue weighted by molar-refractivity contribution is 8.47. The molecule has 33 heavy (non-hydrogen) atoms. The van der Waals surface area contributed by atoms with Crippen molar-refractivity contribution in [2.24, 2.45) is 0 Å². The summed E-state index contributed by atoms with van der Waals surface area (Å²) < 4.78 is 0. The van der Waals surface area contributed by atoms with E-state index in [0.717, 1.165) is 6.03 Å². The summed E-state index contributed by atoms with van der Waals surface area (Å²) in [6, 6.07) is 1.15. The summed E-state index contributed by atoms with van der Waals surface area (Å²) in [4.78, 5) is 3.46. The van der Waals surface area contributed by atoms with Crippen LogP contribution in [-0.2, 0) is 0 Å². The summed E-state index contributed by atoms with van der Waals surface area (Å²) in [7, 11) is -7.95. The zero-order valence-electron chi connectivity index (χ0n) is 26.1. The SMILES string of the molecule is CC1(C)CCCC(C)(C)N1B1[Si]2([Si](C)(C)C)[Si](C)(C)[Si](C)(C)[Si]1([Si](C)(C)C)[Si](C)(C)[Si]2(C)C. The van der Waals surface area contributed by atoms with E-state index in [1.54, 1.807) is 0 Å². The van der Waals surface area contributed by atoms with Crippen molar-refractivity contribution in [1.29, 1.82) is 0 Å². The van der Waals surface area contributed by atoms with Gasteiger partial charge >= 0.3 is 0 Å². The number of nitrogens with zero attached hydrogens (tertiary/aromatic N) is 1. The molecule has 3 aliphatic rings. The van der Waals surface area contributed by atoms with Crippen molar-refractivity contribution in [1.82, 2.24) is 4.81 Å². The van der Waals surface area contributed by atoms with Gasteiger partial charge in [0, 0.05) is 67.7 Å². The molecule has 0 unspecified atom stereocenters. The monoisotopic (exact) mass is 585 g/mol. The van der Waals surface area contributed by atoms with Gasteiger partial charge in [-0.3, -0.25) is 0 Å². The van der Waals surface area contributed by atoms with Crippen LogP contribution in [0.1, 0.15) is 47.0 Å². The first kappa shape index (κ1) is 29.3. The minimum absolute atomic E-state index is 0.390. The molecule has 0 aromatic rings. The number of piperidine rings is 1. The Morgan fingerprint density at radius 1 is 0.545 bits per heavy atom. The molecular formula is C23H60BNSi8. The molecule has 0 atom stereocenters. The molecule has 10 heteroatoms. The molecule has 0 amide bonds. The lowest BCUT2D eigenvalue weighted by atomic mass is 9.76. The van der Waals surface area contributed by atoms with Gasteiger partial charge < -0.3 is 4.81 Å². The van der Waals surface area contributed by atoms with Crippen LogP contribution < -0.4 is 0 Å². The second-order valence-corrected chi connectivity index (χ2v) is 113. The van der Waals surface area contributed by atoms with E-state index in [1.807, 2.05) is 0 Å². The first-order valence-electron chi connectivity index (χ1n) is 14.0. The van der Waals surface area contributed by atoms with Gasteiger partial charge in [-0.25, -0.2) is 0 Å². The van der Waals surface area contributed by atoms with E-state index < -0.39 is 56.6 Å².